The first-order valence-corrected chi connectivity index (χ1v) is 6.44. The number of carbonyl (C=O) groups is 1. The van der Waals surface area contributed by atoms with E-state index >= 15 is 0 Å². The van der Waals surface area contributed by atoms with Crippen LogP contribution in [0, 0.1) is 0 Å². The highest BCUT2D eigenvalue weighted by Gasteiger charge is 2.21. The summed E-state index contributed by atoms with van der Waals surface area (Å²) in [7, 11) is 0. The van der Waals surface area contributed by atoms with E-state index in [4.69, 9.17) is 22.1 Å². The zero-order valence-electron chi connectivity index (χ0n) is 10.1. The molecule has 5 heteroatoms. The molecule has 0 bridgehead atoms. The molecule has 98 valence electrons. The standard InChI is InChI=1S/C13H17ClN2O2/c14-10-3-1-5-12(7-10)18-9-13(17)16-6-2-4-11(15)8-16/h1,3,5,7,11H,2,4,6,8-9,15H2/t11-/m1/s1. The van der Waals surface area contributed by atoms with Crippen LogP contribution in [0.5, 0.6) is 5.75 Å². The van der Waals surface area contributed by atoms with Crippen LogP contribution in [0.1, 0.15) is 12.8 Å². The van der Waals surface area contributed by atoms with Crippen LogP contribution in [0.15, 0.2) is 24.3 Å². The third-order valence-electron chi connectivity index (χ3n) is 2.97. The molecular weight excluding hydrogens is 252 g/mol. The van der Waals surface area contributed by atoms with Crippen molar-refractivity contribution in [1.82, 2.24) is 4.90 Å². The molecule has 0 aliphatic carbocycles. The molecule has 1 aliphatic rings. The van der Waals surface area contributed by atoms with Crippen LogP contribution in [-0.2, 0) is 4.79 Å². The van der Waals surface area contributed by atoms with Crippen LogP contribution in [0.25, 0.3) is 0 Å². The molecule has 1 saturated heterocycles. The predicted molar refractivity (Wildman–Crippen MR) is 70.7 cm³/mol. The zero-order chi connectivity index (χ0) is 13.0. The molecule has 1 heterocycles. The van der Waals surface area contributed by atoms with E-state index in [0.717, 1.165) is 19.4 Å². The molecule has 0 radical (unpaired) electrons. The van der Waals surface area contributed by atoms with Crippen LogP contribution in [0.3, 0.4) is 0 Å². The van der Waals surface area contributed by atoms with Gasteiger partial charge in [-0.05, 0) is 31.0 Å². The van der Waals surface area contributed by atoms with Gasteiger partial charge in [0.1, 0.15) is 5.75 Å². The average Bonchev–Trinajstić information content (AvgIpc) is 2.36. The lowest BCUT2D eigenvalue weighted by molar-refractivity contribution is -0.134. The maximum Gasteiger partial charge on any atom is 0.260 e. The minimum absolute atomic E-state index is 0.0230. The smallest absolute Gasteiger partial charge is 0.260 e. The van der Waals surface area contributed by atoms with Crippen molar-refractivity contribution in [1.29, 1.82) is 0 Å². The summed E-state index contributed by atoms with van der Waals surface area (Å²) >= 11 is 5.84. The van der Waals surface area contributed by atoms with Crippen molar-refractivity contribution in [3.63, 3.8) is 0 Å². The Labute approximate surface area is 112 Å². The number of nitrogens with zero attached hydrogens (tertiary/aromatic N) is 1. The number of nitrogens with two attached hydrogens (primary N) is 1. The van der Waals surface area contributed by atoms with Crippen molar-refractivity contribution < 1.29 is 9.53 Å². The minimum atomic E-state index is -0.0230. The van der Waals surface area contributed by atoms with Gasteiger partial charge in [-0.1, -0.05) is 17.7 Å². The van der Waals surface area contributed by atoms with Crippen LogP contribution >= 0.6 is 11.6 Å². The van der Waals surface area contributed by atoms with Gasteiger partial charge in [0.05, 0.1) is 0 Å². The van der Waals surface area contributed by atoms with Crippen LogP contribution in [0.4, 0.5) is 0 Å². The first-order chi connectivity index (χ1) is 8.65. The van der Waals surface area contributed by atoms with Crippen molar-refractivity contribution in [2.24, 2.45) is 5.73 Å². The van der Waals surface area contributed by atoms with Crippen LogP contribution in [-0.4, -0.2) is 36.5 Å². The van der Waals surface area contributed by atoms with Gasteiger partial charge in [-0.2, -0.15) is 0 Å². The van der Waals surface area contributed by atoms with Gasteiger partial charge in [0.2, 0.25) is 0 Å². The number of halogens is 1. The van der Waals surface area contributed by atoms with E-state index in [1.807, 2.05) is 0 Å². The molecule has 1 amide bonds. The van der Waals surface area contributed by atoms with E-state index < -0.39 is 0 Å². The van der Waals surface area contributed by atoms with E-state index in [2.05, 4.69) is 0 Å². The SMILES string of the molecule is N[C@@H]1CCCN(C(=O)COc2cccc(Cl)c2)C1. The summed E-state index contributed by atoms with van der Waals surface area (Å²) in [6.45, 7) is 1.43. The topological polar surface area (TPSA) is 55.6 Å². The normalized spacial score (nSPS) is 19.7. The maximum absolute atomic E-state index is 11.9. The molecule has 1 aromatic carbocycles. The van der Waals surface area contributed by atoms with E-state index in [-0.39, 0.29) is 18.6 Å². The van der Waals surface area contributed by atoms with Crippen LogP contribution < -0.4 is 10.5 Å². The quantitative estimate of drug-likeness (QED) is 0.907. The Morgan fingerprint density at radius 3 is 3.11 bits per heavy atom. The van der Waals surface area contributed by atoms with Gasteiger partial charge in [-0.15, -0.1) is 0 Å². The van der Waals surface area contributed by atoms with Crippen LogP contribution in [0.2, 0.25) is 5.02 Å². The molecule has 2 rings (SSSR count). The Hall–Kier alpha value is -1.26. The lowest BCUT2D eigenvalue weighted by Crippen LogP contribution is -2.47. The van der Waals surface area contributed by atoms with Crippen molar-refractivity contribution in [2.75, 3.05) is 19.7 Å². The summed E-state index contributed by atoms with van der Waals surface area (Å²) in [4.78, 5) is 13.7. The summed E-state index contributed by atoms with van der Waals surface area (Å²) < 4.78 is 5.42. The van der Waals surface area contributed by atoms with Crippen molar-refractivity contribution >= 4 is 17.5 Å². The summed E-state index contributed by atoms with van der Waals surface area (Å²) in [5.74, 6) is 0.585. The minimum Gasteiger partial charge on any atom is -0.484 e. The molecule has 0 saturated carbocycles. The molecule has 18 heavy (non-hydrogen) atoms. The van der Waals surface area contributed by atoms with Gasteiger partial charge in [-0.25, -0.2) is 0 Å². The highest BCUT2D eigenvalue weighted by atomic mass is 35.5. The van der Waals surface area contributed by atoms with Gasteiger partial charge in [0.25, 0.3) is 5.91 Å². The second-order valence-electron chi connectivity index (χ2n) is 4.49. The number of hydrogen-bond donors (Lipinski definition) is 1. The number of piperidine rings is 1. The fourth-order valence-electron chi connectivity index (χ4n) is 2.03. The Morgan fingerprint density at radius 1 is 1.56 bits per heavy atom. The molecule has 2 N–H and O–H groups in total. The lowest BCUT2D eigenvalue weighted by atomic mass is 10.1. The Bertz CT molecular complexity index is 425. The number of ether oxygens (including phenoxy) is 1. The molecule has 4 nitrogen and oxygen atoms in total. The number of rotatable bonds is 3. The molecule has 1 aliphatic heterocycles. The van der Waals surface area contributed by atoms with Gasteiger partial charge in [0.15, 0.2) is 6.61 Å². The summed E-state index contributed by atoms with van der Waals surface area (Å²) in [6, 6.07) is 7.12. The number of hydrogen-bond acceptors (Lipinski definition) is 3. The van der Waals surface area contributed by atoms with E-state index in [1.54, 1.807) is 29.2 Å². The highest BCUT2D eigenvalue weighted by molar-refractivity contribution is 6.30. The Balaban J connectivity index is 1.84. The third kappa shape index (κ3) is 3.62. The fourth-order valence-corrected chi connectivity index (χ4v) is 2.21. The zero-order valence-corrected chi connectivity index (χ0v) is 10.9. The number of benzene rings is 1. The number of likely N-dealkylation sites (tertiary alicyclic amines) is 1. The lowest BCUT2D eigenvalue weighted by Gasteiger charge is -2.30. The largest absolute Gasteiger partial charge is 0.484 e. The fraction of sp³-hybridized carbons (Fsp3) is 0.462. The first kappa shape index (κ1) is 13.2. The second kappa shape index (κ2) is 6.07. The molecule has 1 fully saturated rings. The highest BCUT2D eigenvalue weighted by Crippen LogP contribution is 2.17. The van der Waals surface area contributed by atoms with Gasteiger partial charge in [-0.3, -0.25) is 4.79 Å². The number of amides is 1. The van der Waals surface area contributed by atoms with E-state index in [9.17, 15) is 4.79 Å². The van der Waals surface area contributed by atoms with Gasteiger partial charge < -0.3 is 15.4 Å². The molecule has 0 spiro atoms. The predicted octanol–water partition coefficient (Wildman–Crippen LogP) is 1.67. The molecular formula is C13H17ClN2O2. The number of carbonyl (C=O) groups excluding carboxylic acids is 1. The molecule has 1 atom stereocenters. The van der Waals surface area contributed by atoms with Crippen molar-refractivity contribution in [3.8, 4) is 5.75 Å². The first-order valence-electron chi connectivity index (χ1n) is 6.07. The monoisotopic (exact) mass is 268 g/mol. The van der Waals surface area contributed by atoms with Gasteiger partial charge >= 0.3 is 0 Å². The summed E-state index contributed by atoms with van der Waals surface area (Å²) in [6.07, 6.45) is 1.95. The second-order valence-corrected chi connectivity index (χ2v) is 4.92. The molecule has 0 unspecified atom stereocenters. The van der Waals surface area contributed by atoms with E-state index in [0.29, 0.717) is 17.3 Å². The van der Waals surface area contributed by atoms with E-state index in [1.165, 1.54) is 0 Å². The molecule has 0 aromatic heterocycles. The van der Waals surface area contributed by atoms with Crippen molar-refractivity contribution in [2.45, 2.75) is 18.9 Å². The Morgan fingerprint density at radius 2 is 2.39 bits per heavy atom. The average molecular weight is 269 g/mol. The Kier molecular flexibility index (Phi) is 4.44. The summed E-state index contributed by atoms with van der Waals surface area (Å²) in [5, 5.41) is 0.597. The van der Waals surface area contributed by atoms with Gasteiger partial charge in [0, 0.05) is 24.2 Å². The maximum atomic E-state index is 11.9. The summed E-state index contributed by atoms with van der Waals surface area (Å²) in [5.41, 5.74) is 5.84. The third-order valence-corrected chi connectivity index (χ3v) is 3.20. The van der Waals surface area contributed by atoms with Crippen molar-refractivity contribution in [3.05, 3.63) is 29.3 Å². The molecule has 1 aromatic rings.